The Balaban J connectivity index is 1.53. The van der Waals surface area contributed by atoms with Gasteiger partial charge in [-0.2, -0.15) is 0 Å². The number of β-lactam (4-membered cyclic amide) rings is 1. The second kappa shape index (κ2) is 6.79. The Morgan fingerprint density at radius 3 is 2.79 bits per heavy atom. The molecule has 2 aliphatic heterocycles. The quantitative estimate of drug-likeness (QED) is 0.585. The zero-order chi connectivity index (χ0) is 17.1. The van der Waals surface area contributed by atoms with Gasteiger partial charge in [-0.25, -0.2) is 9.79 Å². The number of aliphatic imine (C=N–C) groups is 1. The number of nitrogens with zero attached hydrogens (tertiary/aromatic N) is 2. The van der Waals surface area contributed by atoms with Gasteiger partial charge in [0.15, 0.2) is 6.61 Å². The van der Waals surface area contributed by atoms with Crippen LogP contribution in [0.3, 0.4) is 0 Å². The molecule has 1 saturated heterocycles. The van der Waals surface area contributed by atoms with E-state index in [1.165, 1.54) is 22.2 Å². The van der Waals surface area contributed by atoms with Gasteiger partial charge in [0.2, 0.25) is 0 Å². The number of nitrogens with one attached hydrogen (secondary N) is 1. The summed E-state index contributed by atoms with van der Waals surface area (Å²) >= 11 is 1.20. The topological polar surface area (TPSA) is 118 Å². The third-order valence-electron chi connectivity index (χ3n) is 3.34. The molecule has 10 heteroatoms. The van der Waals surface area contributed by atoms with Crippen LogP contribution < -0.4 is 10.1 Å². The lowest BCUT2D eigenvalue weighted by Gasteiger charge is -2.48. The number of carbonyl (C=O) groups excluding carboxylic acids is 2. The van der Waals surface area contributed by atoms with Crippen LogP contribution in [-0.4, -0.2) is 57.9 Å². The van der Waals surface area contributed by atoms with Crippen LogP contribution in [0, 0.1) is 0 Å². The molecular weight excluding hydrogens is 338 g/mol. The lowest BCUT2D eigenvalue weighted by atomic mass is 10.1. The van der Waals surface area contributed by atoms with Crippen LogP contribution in [0.5, 0.6) is 5.75 Å². The summed E-state index contributed by atoms with van der Waals surface area (Å²) < 4.78 is 9.84. The normalized spacial score (nSPS) is 24.6. The van der Waals surface area contributed by atoms with Crippen molar-refractivity contribution in [1.29, 1.82) is 0 Å². The highest BCUT2D eigenvalue weighted by atomic mass is 32.2. The maximum absolute atomic E-state index is 12.1. The zero-order valence-corrected chi connectivity index (χ0v) is 13.0. The molecular formula is C14H13N3O6S. The van der Waals surface area contributed by atoms with E-state index in [1.54, 1.807) is 24.3 Å². The molecule has 24 heavy (non-hydrogen) atoms. The van der Waals surface area contributed by atoms with E-state index < -0.39 is 35.7 Å². The van der Waals surface area contributed by atoms with Crippen LogP contribution in [0.1, 0.15) is 0 Å². The third-order valence-corrected chi connectivity index (χ3v) is 4.36. The minimum absolute atomic E-state index is 0.228. The number of benzene rings is 1. The molecule has 0 saturated carbocycles. The summed E-state index contributed by atoms with van der Waals surface area (Å²) in [7, 11) is 0. The van der Waals surface area contributed by atoms with Crippen molar-refractivity contribution >= 4 is 35.3 Å². The van der Waals surface area contributed by atoms with Crippen molar-refractivity contribution in [2.45, 2.75) is 17.8 Å². The highest BCUT2D eigenvalue weighted by molar-refractivity contribution is 8.12. The minimum atomic E-state index is -1.53. The van der Waals surface area contributed by atoms with Crippen molar-refractivity contribution in [2.75, 3.05) is 6.61 Å². The van der Waals surface area contributed by atoms with Gasteiger partial charge in [-0.15, -0.1) is 0 Å². The fourth-order valence-corrected chi connectivity index (χ4v) is 3.26. The molecule has 3 atom stereocenters. The van der Waals surface area contributed by atoms with Gasteiger partial charge in [0.25, 0.3) is 18.2 Å². The fraction of sp³-hybridized carbons (Fsp3) is 0.286. The van der Waals surface area contributed by atoms with Crippen molar-refractivity contribution in [1.82, 2.24) is 10.2 Å². The van der Waals surface area contributed by atoms with Crippen molar-refractivity contribution in [3.05, 3.63) is 30.3 Å². The second-order valence-electron chi connectivity index (χ2n) is 4.88. The van der Waals surface area contributed by atoms with Gasteiger partial charge in [-0.3, -0.25) is 14.5 Å². The number of rotatable bonds is 5. The van der Waals surface area contributed by atoms with Gasteiger partial charge < -0.3 is 19.9 Å². The van der Waals surface area contributed by atoms with Crippen LogP contribution in [0.4, 0.5) is 4.79 Å². The first kappa shape index (κ1) is 16.1. The first-order chi connectivity index (χ1) is 11.6. The Labute approximate surface area is 140 Å². The molecule has 0 aromatic heterocycles. The van der Waals surface area contributed by atoms with Gasteiger partial charge in [-0.05, 0) is 12.1 Å². The summed E-state index contributed by atoms with van der Waals surface area (Å²) in [5, 5.41) is 10.8. The van der Waals surface area contributed by atoms with Crippen LogP contribution in [-0.2, 0) is 14.3 Å². The maximum atomic E-state index is 12.1. The highest BCUT2D eigenvalue weighted by Gasteiger charge is 2.54. The van der Waals surface area contributed by atoms with Gasteiger partial charge in [-0.1, -0.05) is 30.0 Å². The first-order valence-corrected chi connectivity index (χ1v) is 7.86. The summed E-state index contributed by atoms with van der Waals surface area (Å²) in [4.78, 5) is 39.6. The first-order valence-electron chi connectivity index (χ1n) is 6.92. The molecule has 2 N–H and O–H groups in total. The largest absolute Gasteiger partial charge is 0.509 e. The standard InChI is InChI=1S/C14H13N3O6S/c18-9(6-22-8-4-2-1-3-5-8)16-10-11(19)17-12(10)24-7-15-13(17)23-14(20)21/h1-5,7,10,12-13H,6H2,(H,16,18)(H,20,21). The molecule has 1 aromatic carbocycles. The molecule has 0 bridgehead atoms. The Morgan fingerprint density at radius 2 is 2.08 bits per heavy atom. The number of hydrogen-bond donors (Lipinski definition) is 2. The average Bonchev–Trinajstić information content (AvgIpc) is 2.58. The Kier molecular flexibility index (Phi) is 4.56. The van der Waals surface area contributed by atoms with Crippen molar-refractivity contribution in [2.24, 2.45) is 4.99 Å². The maximum Gasteiger partial charge on any atom is 0.509 e. The predicted molar refractivity (Wildman–Crippen MR) is 83.5 cm³/mol. The van der Waals surface area contributed by atoms with Crippen LogP contribution >= 0.6 is 11.8 Å². The number of para-hydroxylation sites is 1. The number of fused-ring (bicyclic) bond motifs is 1. The monoisotopic (exact) mass is 351 g/mol. The zero-order valence-electron chi connectivity index (χ0n) is 12.2. The summed E-state index contributed by atoms with van der Waals surface area (Å²) in [6, 6.07) is 8.04. The summed E-state index contributed by atoms with van der Waals surface area (Å²) in [6.45, 7) is -0.228. The fourth-order valence-electron chi connectivity index (χ4n) is 2.28. The van der Waals surface area contributed by atoms with E-state index in [-0.39, 0.29) is 6.61 Å². The van der Waals surface area contributed by atoms with E-state index in [0.29, 0.717) is 5.75 Å². The van der Waals surface area contributed by atoms with Crippen LogP contribution in [0.2, 0.25) is 0 Å². The van der Waals surface area contributed by atoms with E-state index in [1.807, 2.05) is 6.07 Å². The summed E-state index contributed by atoms with van der Waals surface area (Å²) in [5.41, 5.74) is 1.40. The van der Waals surface area contributed by atoms with Crippen molar-refractivity contribution < 1.29 is 29.0 Å². The molecule has 2 heterocycles. The third kappa shape index (κ3) is 3.27. The van der Waals surface area contributed by atoms with E-state index in [2.05, 4.69) is 15.0 Å². The van der Waals surface area contributed by atoms with Crippen LogP contribution in [0.25, 0.3) is 0 Å². The number of ether oxygens (including phenoxy) is 2. The summed E-state index contributed by atoms with van der Waals surface area (Å²) in [6.07, 6.45) is -2.74. The molecule has 0 radical (unpaired) electrons. The van der Waals surface area contributed by atoms with Crippen LogP contribution in [0.15, 0.2) is 35.3 Å². The lowest BCUT2D eigenvalue weighted by Crippen LogP contribution is -2.73. The molecule has 0 spiro atoms. The number of thioether (sulfide) groups is 1. The average molecular weight is 351 g/mol. The lowest BCUT2D eigenvalue weighted by molar-refractivity contribution is -0.164. The number of amides is 2. The van der Waals surface area contributed by atoms with Gasteiger partial charge in [0.1, 0.15) is 17.2 Å². The summed E-state index contributed by atoms with van der Waals surface area (Å²) in [5.74, 6) is -0.359. The highest BCUT2D eigenvalue weighted by Crippen LogP contribution is 2.35. The van der Waals surface area contributed by atoms with Crippen molar-refractivity contribution in [3.63, 3.8) is 0 Å². The van der Waals surface area contributed by atoms with Gasteiger partial charge in [0.05, 0.1) is 5.55 Å². The number of carbonyl (C=O) groups is 3. The Hall–Kier alpha value is -2.75. The number of hydrogen-bond acceptors (Lipinski definition) is 7. The minimum Gasteiger partial charge on any atom is -0.484 e. The Bertz CT molecular complexity index is 682. The molecule has 2 aliphatic rings. The molecule has 1 aromatic rings. The van der Waals surface area contributed by atoms with Crippen molar-refractivity contribution in [3.8, 4) is 5.75 Å². The molecule has 1 fully saturated rings. The van der Waals surface area contributed by atoms with E-state index in [9.17, 15) is 14.4 Å². The second-order valence-corrected chi connectivity index (χ2v) is 5.85. The predicted octanol–water partition coefficient (Wildman–Crippen LogP) is 0.472. The van der Waals surface area contributed by atoms with Gasteiger partial charge >= 0.3 is 6.16 Å². The molecule has 126 valence electrons. The molecule has 3 unspecified atom stereocenters. The Morgan fingerprint density at radius 1 is 1.33 bits per heavy atom. The molecule has 0 aliphatic carbocycles. The molecule has 2 amide bonds. The van der Waals surface area contributed by atoms with E-state index in [4.69, 9.17) is 9.84 Å². The molecule has 3 rings (SSSR count). The SMILES string of the molecule is O=C(COc1ccccc1)NC1C(=O)N2C(OC(=O)O)N=CSC12. The van der Waals surface area contributed by atoms with E-state index >= 15 is 0 Å². The molecule has 9 nitrogen and oxygen atoms in total. The smallest absolute Gasteiger partial charge is 0.484 e. The van der Waals surface area contributed by atoms with E-state index in [0.717, 1.165) is 0 Å². The number of carboxylic acid groups (broad SMARTS) is 1. The van der Waals surface area contributed by atoms with Gasteiger partial charge in [0, 0.05) is 0 Å².